The Morgan fingerprint density at radius 3 is 2.39 bits per heavy atom. The first-order valence-electron chi connectivity index (χ1n) is 23.1. The summed E-state index contributed by atoms with van der Waals surface area (Å²) in [6.07, 6.45) is 13.6. The number of aliphatic hydroxyl groups is 2. The van der Waals surface area contributed by atoms with E-state index in [0.717, 1.165) is 53.2 Å². The van der Waals surface area contributed by atoms with E-state index in [1.54, 1.807) is 30.4 Å². The monoisotopic (exact) mass is 897 g/mol. The number of nitro benzene ring substituents is 1. The number of rotatable bonds is 21. The van der Waals surface area contributed by atoms with Gasteiger partial charge >= 0.3 is 0 Å². The van der Waals surface area contributed by atoms with Gasteiger partial charge < -0.3 is 34.2 Å². The summed E-state index contributed by atoms with van der Waals surface area (Å²) >= 11 is 0. The molecular formula is C54H63N3O9. The van der Waals surface area contributed by atoms with E-state index in [9.17, 15) is 20.3 Å². The average Bonchev–Trinajstić information content (AvgIpc) is 3.31. The number of fused-ring (bicyclic) bond motifs is 3. The lowest BCUT2D eigenvalue weighted by Crippen LogP contribution is -2.70. The Kier molecular flexibility index (Phi) is 15.6. The third-order valence-corrected chi connectivity index (χ3v) is 12.8. The van der Waals surface area contributed by atoms with Crippen LogP contribution in [0.1, 0.15) is 88.3 Å². The van der Waals surface area contributed by atoms with Crippen molar-refractivity contribution in [2.24, 2.45) is 22.9 Å². The minimum atomic E-state index is -1.49. The van der Waals surface area contributed by atoms with Crippen LogP contribution in [0.25, 0.3) is 16.8 Å². The Bertz CT molecular complexity index is 2450. The summed E-state index contributed by atoms with van der Waals surface area (Å²) in [7, 11) is 0. The Morgan fingerprint density at radius 1 is 0.955 bits per heavy atom. The molecule has 7 rings (SSSR count). The number of carbonyl (C=O) groups excluding carboxylic acids is 1. The summed E-state index contributed by atoms with van der Waals surface area (Å²) in [5, 5.41) is 38.4. The maximum absolute atomic E-state index is 15.4. The molecule has 2 N–H and O–H groups in total. The third kappa shape index (κ3) is 10.6. The van der Waals surface area contributed by atoms with Gasteiger partial charge in [-0.1, -0.05) is 85.3 Å². The van der Waals surface area contributed by atoms with Crippen LogP contribution in [0.4, 0.5) is 5.69 Å². The third-order valence-electron chi connectivity index (χ3n) is 12.8. The van der Waals surface area contributed by atoms with Crippen molar-refractivity contribution < 1.29 is 39.0 Å². The summed E-state index contributed by atoms with van der Waals surface area (Å²) in [6, 6.07) is 25.3. The highest BCUT2D eigenvalue weighted by Crippen LogP contribution is 2.62. The van der Waals surface area contributed by atoms with Gasteiger partial charge in [0.15, 0.2) is 0 Å². The molecule has 3 aliphatic rings. The van der Waals surface area contributed by atoms with E-state index in [0.29, 0.717) is 42.2 Å². The number of benzene rings is 4. The highest BCUT2D eigenvalue weighted by molar-refractivity contribution is 6.03. The second-order valence-electron chi connectivity index (χ2n) is 18.4. The van der Waals surface area contributed by atoms with Crippen LogP contribution < -0.4 is 9.47 Å². The SMILES string of the molecule is C=CCOc1ccc2c(c1)C1C(CCCCO)C(CCCCO)C=C3C(=NOC(C)(C)C)CC(N(Cc4cccc5ccccc45)C(=O)C=Cc4ccc([N+](=O)[O-])cc4)C(OCC=C)(O2)C31. The fourth-order valence-electron chi connectivity index (χ4n) is 10.0. The first-order chi connectivity index (χ1) is 31.9. The number of non-ortho nitro benzene ring substituents is 1. The summed E-state index contributed by atoms with van der Waals surface area (Å²) in [5.41, 5.74) is 3.42. The zero-order chi connectivity index (χ0) is 46.8. The van der Waals surface area contributed by atoms with E-state index in [-0.39, 0.29) is 62.1 Å². The number of hydrogen-bond donors (Lipinski definition) is 2. The fourth-order valence-corrected chi connectivity index (χ4v) is 10.0. The van der Waals surface area contributed by atoms with Crippen molar-refractivity contribution in [3.63, 3.8) is 0 Å². The predicted octanol–water partition coefficient (Wildman–Crippen LogP) is 10.5. The van der Waals surface area contributed by atoms with Crippen molar-refractivity contribution in [3.8, 4) is 11.5 Å². The van der Waals surface area contributed by atoms with Crippen molar-refractivity contribution in [3.05, 3.63) is 155 Å². The summed E-state index contributed by atoms with van der Waals surface area (Å²) in [4.78, 5) is 34.5. The van der Waals surface area contributed by atoms with E-state index in [2.05, 4.69) is 43.5 Å². The lowest BCUT2D eigenvalue weighted by atomic mass is 9.55. The van der Waals surface area contributed by atoms with Gasteiger partial charge in [-0.2, -0.15) is 0 Å². The molecule has 6 atom stereocenters. The van der Waals surface area contributed by atoms with Crippen LogP contribution in [-0.4, -0.2) is 75.5 Å². The number of aliphatic hydroxyl groups excluding tert-OH is 2. The molecule has 348 valence electrons. The second kappa shape index (κ2) is 21.5. The van der Waals surface area contributed by atoms with E-state index in [1.807, 2.05) is 62.1 Å². The van der Waals surface area contributed by atoms with Crippen LogP contribution in [0.3, 0.4) is 0 Å². The molecule has 4 aromatic rings. The normalized spacial score (nSPS) is 22.8. The molecule has 66 heavy (non-hydrogen) atoms. The van der Waals surface area contributed by atoms with Crippen molar-refractivity contribution in [2.75, 3.05) is 26.4 Å². The Labute approximate surface area is 388 Å². The van der Waals surface area contributed by atoms with Crippen LogP contribution in [0, 0.1) is 27.9 Å². The number of ether oxygens (including phenoxy) is 3. The van der Waals surface area contributed by atoms with Gasteiger partial charge in [0.2, 0.25) is 11.7 Å². The molecule has 1 aliphatic heterocycles. The van der Waals surface area contributed by atoms with Gasteiger partial charge in [0.05, 0.1) is 23.2 Å². The van der Waals surface area contributed by atoms with Gasteiger partial charge in [-0.05, 0) is 122 Å². The Hall–Kier alpha value is -6.08. The molecule has 0 spiro atoms. The topological polar surface area (TPSA) is 153 Å². The van der Waals surface area contributed by atoms with E-state index in [4.69, 9.17) is 24.2 Å². The molecular weight excluding hydrogens is 835 g/mol. The fraction of sp³-hybridized carbons (Fsp3) is 0.407. The molecule has 6 unspecified atom stereocenters. The number of hydrogen-bond acceptors (Lipinski definition) is 10. The van der Waals surface area contributed by atoms with E-state index >= 15 is 4.79 Å². The number of carbonyl (C=O) groups is 1. The average molecular weight is 898 g/mol. The molecule has 2 aliphatic carbocycles. The minimum Gasteiger partial charge on any atom is -0.490 e. The number of allylic oxidation sites excluding steroid dienone is 1. The smallest absolute Gasteiger partial charge is 0.269 e. The van der Waals surface area contributed by atoms with Gasteiger partial charge in [0, 0.05) is 55.9 Å². The standard InChI is InChI=1S/C54H63N3O9/c1-6-31-63-42-26-27-48-46(34-42)51-44(20-11-13-30-59)39(16-10-12-29-58)33-45-47(55-66-53(3,4)5)35-49(54(65-48,52(45)51)64-32-7-2)56(36-40-18-14-17-38-15-8-9-19-43(38)40)50(60)28-23-37-21-24-41(25-22-37)57(61)62/h6-9,14-15,17-19,21-28,33-34,39,44,49,51-52,58-59H,1-2,10-13,16,20,29-32,35-36H2,3-5H3. The van der Waals surface area contributed by atoms with Gasteiger partial charge in [-0.3, -0.25) is 14.9 Å². The number of nitrogens with zero attached hydrogens (tertiary/aromatic N) is 3. The van der Waals surface area contributed by atoms with Gasteiger partial charge in [0.1, 0.15) is 29.7 Å². The van der Waals surface area contributed by atoms with Crippen molar-refractivity contribution >= 4 is 34.2 Å². The van der Waals surface area contributed by atoms with Gasteiger partial charge in [-0.15, -0.1) is 6.58 Å². The van der Waals surface area contributed by atoms with Crippen LogP contribution in [-0.2, 0) is 20.9 Å². The zero-order valence-electron chi connectivity index (χ0n) is 38.3. The molecule has 0 radical (unpaired) electrons. The molecule has 0 saturated heterocycles. The Balaban J connectivity index is 1.49. The number of oxime groups is 1. The molecule has 12 nitrogen and oxygen atoms in total. The van der Waals surface area contributed by atoms with Crippen LogP contribution in [0.2, 0.25) is 0 Å². The largest absolute Gasteiger partial charge is 0.490 e. The van der Waals surface area contributed by atoms with Crippen molar-refractivity contribution in [2.45, 2.75) is 95.6 Å². The molecule has 1 heterocycles. The summed E-state index contributed by atoms with van der Waals surface area (Å²) < 4.78 is 20.8. The number of amides is 1. The van der Waals surface area contributed by atoms with Crippen LogP contribution >= 0.6 is 0 Å². The van der Waals surface area contributed by atoms with Crippen LogP contribution in [0.15, 0.2) is 133 Å². The summed E-state index contributed by atoms with van der Waals surface area (Å²) in [6.45, 7) is 14.6. The maximum atomic E-state index is 15.4. The highest BCUT2D eigenvalue weighted by atomic mass is 16.7. The molecule has 0 bridgehead atoms. The molecule has 4 aromatic carbocycles. The lowest BCUT2D eigenvalue weighted by molar-refractivity contribution is -0.384. The lowest BCUT2D eigenvalue weighted by Gasteiger charge is -2.60. The van der Waals surface area contributed by atoms with E-state index in [1.165, 1.54) is 18.2 Å². The number of unbranched alkanes of at least 4 members (excludes halogenated alkanes) is 2. The highest BCUT2D eigenvalue weighted by Gasteiger charge is 2.65. The van der Waals surface area contributed by atoms with Crippen molar-refractivity contribution in [1.29, 1.82) is 0 Å². The minimum absolute atomic E-state index is 0.0285. The quantitative estimate of drug-likeness (QED) is 0.0274. The zero-order valence-corrected chi connectivity index (χ0v) is 38.3. The first-order valence-corrected chi connectivity index (χ1v) is 23.1. The molecule has 1 saturated carbocycles. The Morgan fingerprint density at radius 2 is 1.68 bits per heavy atom. The molecule has 12 heteroatoms. The van der Waals surface area contributed by atoms with Gasteiger partial charge in [-0.25, -0.2) is 0 Å². The molecule has 1 amide bonds. The van der Waals surface area contributed by atoms with Gasteiger partial charge in [0.25, 0.3) is 5.69 Å². The second-order valence-corrected chi connectivity index (χ2v) is 18.4. The summed E-state index contributed by atoms with van der Waals surface area (Å²) in [5.74, 6) is -1.21. The molecule has 1 fully saturated rings. The predicted molar refractivity (Wildman–Crippen MR) is 258 cm³/mol. The van der Waals surface area contributed by atoms with Crippen LogP contribution in [0.5, 0.6) is 11.5 Å². The number of nitro groups is 1. The maximum Gasteiger partial charge on any atom is 0.269 e. The van der Waals surface area contributed by atoms with E-state index < -0.39 is 28.3 Å². The van der Waals surface area contributed by atoms with Crippen molar-refractivity contribution in [1.82, 2.24) is 4.90 Å². The first kappa shape index (κ1) is 47.9. The molecule has 0 aromatic heterocycles.